The zero-order valence-electron chi connectivity index (χ0n) is 11.4. The quantitative estimate of drug-likeness (QED) is 0.480. The smallest absolute Gasteiger partial charge is 0.417 e. The zero-order chi connectivity index (χ0) is 17.0. The first kappa shape index (κ1) is 16.8. The minimum atomic E-state index is -4.77. The summed E-state index contributed by atoms with van der Waals surface area (Å²) in [6, 6.07) is 8.41. The van der Waals surface area contributed by atoms with Gasteiger partial charge >= 0.3 is 12.1 Å². The third-order valence-electron chi connectivity index (χ3n) is 2.83. The van der Waals surface area contributed by atoms with Crippen LogP contribution in [0.25, 0.3) is 0 Å². The molecule has 1 heterocycles. The molecule has 0 N–H and O–H groups in total. The summed E-state index contributed by atoms with van der Waals surface area (Å²) in [6.07, 6.45) is -3.74. The number of nitriles is 1. The van der Waals surface area contributed by atoms with E-state index in [2.05, 4.69) is 4.98 Å². The Hall–Kier alpha value is -2.59. The fourth-order valence-corrected chi connectivity index (χ4v) is 2.03. The van der Waals surface area contributed by atoms with Crippen LogP contribution in [0.3, 0.4) is 0 Å². The van der Waals surface area contributed by atoms with Crippen molar-refractivity contribution in [2.45, 2.75) is 12.6 Å². The van der Waals surface area contributed by atoms with E-state index < -0.39 is 28.4 Å². The number of carbonyl (C=O) groups is 1. The Bertz CT molecular complexity index is 768. The highest BCUT2D eigenvalue weighted by Gasteiger charge is 2.37. The fraction of sp³-hybridized carbons (Fsp3) is 0.133. The number of rotatable bonds is 3. The van der Waals surface area contributed by atoms with E-state index in [4.69, 9.17) is 21.6 Å². The fourth-order valence-electron chi connectivity index (χ4n) is 1.79. The standard InChI is InChI=1S/C15H8ClF3N2O2/c16-13-12(11(6-8-21-13)15(17,18)19)14(22)23-10-3-1-9(2-4-10)5-7-20/h1-4,6,8H,5H2. The molecule has 2 rings (SSSR count). The summed E-state index contributed by atoms with van der Waals surface area (Å²) >= 11 is 5.62. The van der Waals surface area contributed by atoms with Crippen molar-refractivity contribution in [2.75, 3.05) is 0 Å². The minimum absolute atomic E-state index is 0.0322. The molecule has 0 aliphatic heterocycles. The van der Waals surface area contributed by atoms with Crippen LogP contribution in [0.2, 0.25) is 5.15 Å². The highest BCUT2D eigenvalue weighted by Crippen LogP contribution is 2.34. The second kappa shape index (κ2) is 6.67. The maximum Gasteiger partial charge on any atom is 0.417 e. The Labute approximate surface area is 134 Å². The van der Waals surface area contributed by atoms with Crippen LogP contribution in [0.1, 0.15) is 21.5 Å². The molecule has 2 aromatic rings. The number of halogens is 4. The lowest BCUT2D eigenvalue weighted by Crippen LogP contribution is -2.18. The molecule has 4 nitrogen and oxygen atoms in total. The Morgan fingerprint density at radius 2 is 1.91 bits per heavy atom. The third kappa shape index (κ3) is 3.99. The number of hydrogen-bond donors (Lipinski definition) is 0. The maximum atomic E-state index is 12.9. The first-order valence-electron chi connectivity index (χ1n) is 6.22. The Kier molecular flexibility index (Phi) is 4.86. The zero-order valence-corrected chi connectivity index (χ0v) is 12.1. The van der Waals surface area contributed by atoms with Crippen molar-refractivity contribution >= 4 is 17.6 Å². The summed E-state index contributed by atoms with van der Waals surface area (Å²) < 4.78 is 43.7. The molecular formula is C15H8ClF3N2O2. The number of carbonyl (C=O) groups excluding carboxylic acids is 1. The summed E-state index contributed by atoms with van der Waals surface area (Å²) in [5.41, 5.74) is -1.38. The van der Waals surface area contributed by atoms with Crippen molar-refractivity contribution in [3.8, 4) is 11.8 Å². The van der Waals surface area contributed by atoms with Gasteiger partial charge in [0.1, 0.15) is 16.5 Å². The summed E-state index contributed by atoms with van der Waals surface area (Å²) in [6.45, 7) is 0. The number of pyridine rings is 1. The molecule has 8 heteroatoms. The van der Waals surface area contributed by atoms with Gasteiger partial charge in [-0.1, -0.05) is 23.7 Å². The molecule has 0 amide bonds. The topological polar surface area (TPSA) is 63.0 Å². The summed E-state index contributed by atoms with van der Waals surface area (Å²) in [7, 11) is 0. The molecule has 0 fully saturated rings. The molecule has 0 atom stereocenters. The van der Waals surface area contributed by atoms with Gasteiger partial charge < -0.3 is 4.74 Å². The van der Waals surface area contributed by atoms with Crippen LogP contribution in [0.15, 0.2) is 36.5 Å². The number of nitrogens with zero attached hydrogens (tertiary/aromatic N) is 2. The summed E-state index contributed by atoms with van der Waals surface area (Å²) in [5, 5.41) is 7.97. The third-order valence-corrected chi connectivity index (χ3v) is 3.12. The van der Waals surface area contributed by atoms with Gasteiger partial charge in [0, 0.05) is 6.20 Å². The molecule has 0 radical (unpaired) electrons. The molecule has 0 aliphatic rings. The van der Waals surface area contributed by atoms with Gasteiger partial charge in [-0.3, -0.25) is 0 Å². The second-order valence-corrected chi connectivity index (χ2v) is 4.75. The first-order chi connectivity index (χ1) is 10.8. The molecule has 118 valence electrons. The normalized spacial score (nSPS) is 10.9. The van der Waals surface area contributed by atoms with Crippen LogP contribution in [0, 0.1) is 11.3 Å². The average Bonchev–Trinajstić information content (AvgIpc) is 2.48. The molecule has 0 bridgehead atoms. The van der Waals surface area contributed by atoms with Crippen LogP contribution in [-0.2, 0) is 12.6 Å². The SMILES string of the molecule is N#CCc1ccc(OC(=O)c2c(C(F)(F)F)ccnc2Cl)cc1. The van der Waals surface area contributed by atoms with E-state index in [9.17, 15) is 18.0 Å². The van der Waals surface area contributed by atoms with E-state index in [-0.39, 0.29) is 12.2 Å². The van der Waals surface area contributed by atoms with Gasteiger partial charge in [-0.05, 0) is 23.8 Å². The lowest BCUT2D eigenvalue weighted by molar-refractivity contribution is -0.138. The average molecular weight is 341 g/mol. The first-order valence-corrected chi connectivity index (χ1v) is 6.60. The number of alkyl halides is 3. The van der Waals surface area contributed by atoms with Crippen LogP contribution in [0.5, 0.6) is 5.75 Å². The monoisotopic (exact) mass is 340 g/mol. The summed E-state index contributed by atoms with van der Waals surface area (Å²) in [5.74, 6) is -1.23. The molecule has 0 aliphatic carbocycles. The van der Waals surface area contributed by atoms with E-state index in [1.54, 1.807) is 0 Å². The number of ether oxygens (including phenoxy) is 1. The molecule has 0 spiro atoms. The lowest BCUT2D eigenvalue weighted by atomic mass is 10.1. The van der Waals surface area contributed by atoms with Crippen molar-refractivity contribution in [3.63, 3.8) is 0 Å². The van der Waals surface area contributed by atoms with E-state index in [1.165, 1.54) is 24.3 Å². The van der Waals surface area contributed by atoms with Crippen LogP contribution in [0.4, 0.5) is 13.2 Å². The van der Waals surface area contributed by atoms with E-state index in [0.717, 1.165) is 6.20 Å². The maximum absolute atomic E-state index is 12.9. The Morgan fingerprint density at radius 1 is 1.26 bits per heavy atom. The highest BCUT2D eigenvalue weighted by molar-refractivity contribution is 6.32. The van der Waals surface area contributed by atoms with Crippen LogP contribution >= 0.6 is 11.6 Å². The Morgan fingerprint density at radius 3 is 2.48 bits per heavy atom. The van der Waals surface area contributed by atoms with E-state index in [1.807, 2.05) is 6.07 Å². The molecular weight excluding hydrogens is 333 g/mol. The van der Waals surface area contributed by atoms with Crippen molar-refractivity contribution in [1.82, 2.24) is 4.98 Å². The number of benzene rings is 1. The number of hydrogen-bond acceptors (Lipinski definition) is 4. The van der Waals surface area contributed by atoms with Crippen molar-refractivity contribution in [2.24, 2.45) is 0 Å². The molecule has 1 aromatic carbocycles. The predicted molar refractivity (Wildman–Crippen MR) is 75.0 cm³/mol. The van der Waals surface area contributed by atoms with E-state index >= 15 is 0 Å². The largest absolute Gasteiger partial charge is 0.423 e. The van der Waals surface area contributed by atoms with Crippen molar-refractivity contribution in [3.05, 3.63) is 58.4 Å². The highest BCUT2D eigenvalue weighted by atomic mass is 35.5. The molecule has 0 unspecified atom stereocenters. The molecule has 23 heavy (non-hydrogen) atoms. The van der Waals surface area contributed by atoms with Gasteiger partial charge in [0.05, 0.1) is 18.1 Å². The molecule has 0 saturated carbocycles. The summed E-state index contributed by atoms with van der Waals surface area (Å²) in [4.78, 5) is 15.5. The molecule has 1 aromatic heterocycles. The van der Waals surface area contributed by atoms with Crippen molar-refractivity contribution < 1.29 is 22.7 Å². The lowest BCUT2D eigenvalue weighted by Gasteiger charge is -2.13. The van der Waals surface area contributed by atoms with Crippen molar-refractivity contribution in [1.29, 1.82) is 5.26 Å². The van der Waals surface area contributed by atoms with Gasteiger partial charge in [-0.2, -0.15) is 18.4 Å². The van der Waals surface area contributed by atoms with Crippen LogP contribution in [-0.4, -0.2) is 11.0 Å². The Balaban J connectivity index is 2.30. The number of aromatic nitrogens is 1. The van der Waals surface area contributed by atoms with Gasteiger partial charge in [0.15, 0.2) is 0 Å². The van der Waals surface area contributed by atoms with Gasteiger partial charge in [-0.25, -0.2) is 9.78 Å². The van der Waals surface area contributed by atoms with E-state index in [0.29, 0.717) is 11.6 Å². The minimum Gasteiger partial charge on any atom is -0.423 e. The van der Waals surface area contributed by atoms with Gasteiger partial charge in [-0.15, -0.1) is 0 Å². The molecule has 0 saturated heterocycles. The second-order valence-electron chi connectivity index (χ2n) is 4.39. The van der Waals surface area contributed by atoms with Crippen LogP contribution < -0.4 is 4.74 Å². The van der Waals surface area contributed by atoms with Gasteiger partial charge in [0.2, 0.25) is 0 Å². The predicted octanol–water partition coefficient (Wildman–Crippen LogP) is 4.04. The number of esters is 1. The van der Waals surface area contributed by atoms with Gasteiger partial charge in [0.25, 0.3) is 0 Å².